The summed E-state index contributed by atoms with van der Waals surface area (Å²) in [5.74, 6) is 3.59. The van der Waals surface area contributed by atoms with Crippen molar-refractivity contribution in [3.05, 3.63) is 0 Å². The Labute approximate surface area is 244 Å². The summed E-state index contributed by atoms with van der Waals surface area (Å²) in [6.07, 6.45) is 12.8. The number of rotatable bonds is 20. The molecule has 0 aromatic carbocycles. The van der Waals surface area contributed by atoms with Crippen molar-refractivity contribution in [1.82, 2.24) is 0 Å². The van der Waals surface area contributed by atoms with Gasteiger partial charge in [0.25, 0.3) is 0 Å². The van der Waals surface area contributed by atoms with Crippen molar-refractivity contribution in [1.29, 1.82) is 0 Å². The standard InChI is InChI=1S/C26H52N2O3S4Si2/c1-36(2,19-7-11-21(9-5-13-25(27)29)23-15-17-32-34-23)31-37(3,4)20-8-12-22(10-6-14-26(28)30)24-16-18-33-35-24/h21-24H,5-20H2,1-4H3,(H2,27,29)(H2,28,30). The van der Waals surface area contributed by atoms with E-state index in [1.165, 1.54) is 62.1 Å². The molecule has 2 amide bonds. The summed E-state index contributed by atoms with van der Waals surface area (Å²) >= 11 is 0. The number of nitrogens with two attached hydrogens (primary N) is 2. The van der Waals surface area contributed by atoms with E-state index in [1.807, 2.05) is 21.6 Å². The molecule has 2 heterocycles. The zero-order valence-corrected chi connectivity index (χ0v) is 28.9. The largest absolute Gasteiger partial charge is 0.455 e. The van der Waals surface area contributed by atoms with Crippen molar-refractivity contribution in [3.63, 3.8) is 0 Å². The molecule has 0 aromatic heterocycles. The van der Waals surface area contributed by atoms with E-state index in [0.29, 0.717) is 24.7 Å². The second kappa shape index (κ2) is 17.5. The Morgan fingerprint density at radius 2 is 1.11 bits per heavy atom. The molecule has 4 N–H and O–H groups in total. The Morgan fingerprint density at radius 1 is 0.730 bits per heavy atom. The van der Waals surface area contributed by atoms with Crippen molar-refractivity contribution in [3.8, 4) is 0 Å². The van der Waals surface area contributed by atoms with Crippen molar-refractivity contribution in [2.24, 2.45) is 23.3 Å². The molecule has 0 aliphatic carbocycles. The van der Waals surface area contributed by atoms with Gasteiger partial charge in [0, 0.05) is 34.8 Å². The van der Waals surface area contributed by atoms with Crippen LogP contribution in [0.3, 0.4) is 0 Å². The molecule has 2 saturated heterocycles. The van der Waals surface area contributed by atoms with Crippen molar-refractivity contribution >= 4 is 71.6 Å². The minimum Gasteiger partial charge on any atom is -0.455 e. The lowest BCUT2D eigenvalue weighted by Crippen LogP contribution is -2.44. The summed E-state index contributed by atoms with van der Waals surface area (Å²) in [6.45, 7) is 9.68. The van der Waals surface area contributed by atoms with Crippen LogP contribution in [0.25, 0.3) is 0 Å². The van der Waals surface area contributed by atoms with E-state index in [-0.39, 0.29) is 11.8 Å². The highest BCUT2D eigenvalue weighted by Crippen LogP contribution is 2.45. The van der Waals surface area contributed by atoms with E-state index in [9.17, 15) is 9.59 Å². The second-order valence-electron chi connectivity index (χ2n) is 12.1. The molecule has 2 aliphatic heterocycles. The molecular weight excluding hydrogens is 573 g/mol. The minimum absolute atomic E-state index is 0.167. The van der Waals surface area contributed by atoms with Gasteiger partial charge >= 0.3 is 0 Å². The first-order chi connectivity index (χ1) is 17.5. The fraction of sp³-hybridized carbons (Fsp3) is 0.923. The van der Waals surface area contributed by atoms with Crippen LogP contribution in [0.1, 0.15) is 77.0 Å². The van der Waals surface area contributed by atoms with E-state index in [1.54, 1.807) is 0 Å². The molecule has 2 aliphatic rings. The molecule has 0 aromatic rings. The lowest BCUT2D eigenvalue weighted by atomic mass is 9.92. The smallest absolute Gasteiger partial charge is 0.217 e. The van der Waals surface area contributed by atoms with Gasteiger partial charge in [-0.3, -0.25) is 9.59 Å². The fourth-order valence-electron chi connectivity index (χ4n) is 5.86. The van der Waals surface area contributed by atoms with Gasteiger partial charge in [-0.05, 0) is 101 Å². The first-order valence-electron chi connectivity index (χ1n) is 14.3. The highest BCUT2D eigenvalue weighted by molar-refractivity contribution is 8.77. The summed E-state index contributed by atoms with van der Waals surface area (Å²) in [6, 6.07) is 2.46. The van der Waals surface area contributed by atoms with Gasteiger partial charge in [-0.2, -0.15) is 0 Å². The maximum Gasteiger partial charge on any atom is 0.217 e. The molecule has 0 spiro atoms. The van der Waals surface area contributed by atoms with Crippen LogP contribution in [-0.2, 0) is 13.7 Å². The number of amides is 2. The molecular formula is C26H52N2O3S4Si2. The van der Waals surface area contributed by atoms with Gasteiger partial charge in [-0.1, -0.05) is 56.0 Å². The van der Waals surface area contributed by atoms with Crippen molar-refractivity contribution in [2.75, 3.05) is 11.5 Å². The van der Waals surface area contributed by atoms with Gasteiger partial charge in [0.05, 0.1) is 0 Å². The van der Waals surface area contributed by atoms with Gasteiger partial charge in [0.2, 0.25) is 11.8 Å². The third kappa shape index (κ3) is 14.8. The van der Waals surface area contributed by atoms with E-state index < -0.39 is 16.6 Å². The molecule has 4 atom stereocenters. The molecule has 0 radical (unpaired) electrons. The number of hydrogen-bond donors (Lipinski definition) is 2. The summed E-state index contributed by atoms with van der Waals surface area (Å²) in [4.78, 5) is 22.4. The Balaban J connectivity index is 1.76. The summed E-state index contributed by atoms with van der Waals surface area (Å²) in [7, 11) is 4.73. The molecule has 2 fully saturated rings. The van der Waals surface area contributed by atoms with Crippen LogP contribution in [0.5, 0.6) is 0 Å². The Bertz CT molecular complexity index is 635. The molecule has 4 unspecified atom stereocenters. The Kier molecular flexibility index (Phi) is 16.1. The Hall–Kier alpha value is 0.734. The van der Waals surface area contributed by atoms with Gasteiger partial charge in [-0.25, -0.2) is 0 Å². The van der Waals surface area contributed by atoms with Gasteiger partial charge in [-0.15, -0.1) is 0 Å². The zero-order valence-electron chi connectivity index (χ0n) is 23.6. The fourth-order valence-corrected chi connectivity index (χ4v) is 21.3. The van der Waals surface area contributed by atoms with Gasteiger partial charge in [0.1, 0.15) is 0 Å². The van der Waals surface area contributed by atoms with Gasteiger partial charge < -0.3 is 15.6 Å². The van der Waals surface area contributed by atoms with E-state index >= 15 is 0 Å². The number of carbonyl (C=O) groups excluding carboxylic acids is 2. The average Bonchev–Trinajstić information content (AvgIpc) is 3.50. The second-order valence-corrected chi connectivity index (χ2v) is 26.4. The highest BCUT2D eigenvalue weighted by atomic mass is 33.1. The van der Waals surface area contributed by atoms with Crippen LogP contribution in [0.4, 0.5) is 0 Å². The van der Waals surface area contributed by atoms with Crippen LogP contribution in [-0.4, -0.2) is 50.5 Å². The predicted molar refractivity (Wildman–Crippen MR) is 174 cm³/mol. The predicted octanol–water partition coefficient (Wildman–Crippen LogP) is 7.82. The van der Waals surface area contributed by atoms with Crippen molar-refractivity contribution in [2.45, 2.75) is 126 Å². The van der Waals surface area contributed by atoms with Crippen LogP contribution < -0.4 is 11.5 Å². The quantitative estimate of drug-likeness (QED) is 0.105. The molecule has 216 valence electrons. The number of primary amides is 2. The number of hydrogen-bond acceptors (Lipinski definition) is 7. The average molecular weight is 625 g/mol. The van der Waals surface area contributed by atoms with Crippen LogP contribution in [0.2, 0.25) is 38.3 Å². The molecule has 0 bridgehead atoms. The summed E-state index contributed by atoms with van der Waals surface area (Å²) < 4.78 is 7.00. The first kappa shape index (κ1) is 33.9. The third-order valence-electron chi connectivity index (χ3n) is 7.66. The lowest BCUT2D eigenvalue weighted by Gasteiger charge is -2.35. The van der Waals surface area contributed by atoms with Crippen molar-refractivity contribution < 1.29 is 13.7 Å². The third-order valence-corrected chi connectivity index (χ3v) is 21.3. The molecule has 11 heteroatoms. The maximum absolute atomic E-state index is 11.2. The van der Waals surface area contributed by atoms with E-state index in [4.69, 9.17) is 15.6 Å². The molecule has 37 heavy (non-hydrogen) atoms. The SMILES string of the molecule is C[Si](C)(CCCC(CCCC(N)=O)C1CCSS1)O[Si](C)(C)CCCC(CCCC(N)=O)C1CCSS1. The van der Waals surface area contributed by atoms with Crippen LogP contribution in [0.15, 0.2) is 0 Å². The first-order valence-corrected chi connectivity index (χ1v) is 25.3. The molecule has 5 nitrogen and oxygen atoms in total. The summed E-state index contributed by atoms with van der Waals surface area (Å²) in [5.41, 5.74) is 10.8. The minimum atomic E-state index is -1.71. The van der Waals surface area contributed by atoms with E-state index in [0.717, 1.165) is 36.2 Å². The van der Waals surface area contributed by atoms with Gasteiger partial charge in [0.15, 0.2) is 16.6 Å². The maximum atomic E-state index is 11.2. The van der Waals surface area contributed by atoms with Crippen LogP contribution >= 0.6 is 43.2 Å². The Morgan fingerprint density at radius 3 is 1.43 bits per heavy atom. The summed E-state index contributed by atoms with van der Waals surface area (Å²) in [5, 5.41) is 1.48. The molecule has 2 rings (SSSR count). The monoisotopic (exact) mass is 624 g/mol. The number of carbonyl (C=O) groups is 2. The lowest BCUT2D eigenvalue weighted by molar-refractivity contribution is -0.119. The highest BCUT2D eigenvalue weighted by Gasteiger charge is 2.34. The topological polar surface area (TPSA) is 95.4 Å². The van der Waals surface area contributed by atoms with E-state index in [2.05, 4.69) is 47.8 Å². The molecule has 0 saturated carbocycles. The zero-order chi connectivity index (χ0) is 27.3. The van der Waals surface area contributed by atoms with Crippen LogP contribution in [0, 0.1) is 11.8 Å². The normalized spacial score (nSPS) is 22.3.